The fourth-order valence-corrected chi connectivity index (χ4v) is 3.99. The standard InChI is InChI=1S/C18H21NO3S/c20-23(21,22-17-10-5-2-6-11-17)15-14-19-13-7-12-18(19)16-8-3-1-4-9-16/h1-6,8-11,18H,7,12-15H2. The third-order valence-corrected chi connectivity index (χ3v) is 5.27. The summed E-state index contributed by atoms with van der Waals surface area (Å²) in [6, 6.07) is 19.2. The molecule has 1 atom stereocenters. The first-order valence-corrected chi connectivity index (χ1v) is 9.48. The lowest BCUT2D eigenvalue weighted by atomic mass is 10.1. The van der Waals surface area contributed by atoms with E-state index in [1.165, 1.54) is 5.56 Å². The van der Waals surface area contributed by atoms with Crippen LogP contribution in [-0.4, -0.2) is 32.2 Å². The third kappa shape index (κ3) is 4.33. The molecule has 0 radical (unpaired) electrons. The number of para-hydroxylation sites is 1. The van der Waals surface area contributed by atoms with Crippen molar-refractivity contribution in [2.24, 2.45) is 0 Å². The largest absolute Gasteiger partial charge is 0.382 e. The first kappa shape index (κ1) is 16.0. The molecule has 1 aliphatic heterocycles. The number of hydrogen-bond donors (Lipinski definition) is 0. The van der Waals surface area contributed by atoms with Gasteiger partial charge in [0.1, 0.15) is 5.75 Å². The van der Waals surface area contributed by atoms with Crippen molar-refractivity contribution < 1.29 is 12.6 Å². The summed E-state index contributed by atoms with van der Waals surface area (Å²) in [5.74, 6) is 0.374. The molecular weight excluding hydrogens is 310 g/mol. The van der Waals surface area contributed by atoms with E-state index in [9.17, 15) is 8.42 Å². The second-order valence-corrected chi connectivity index (χ2v) is 7.45. The minimum atomic E-state index is -3.57. The molecule has 2 aromatic carbocycles. The van der Waals surface area contributed by atoms with Crippen LogP contribution in [0.15, 0.2) is 60.7 Å². The Balaban J connectivity index is 1.61. The molecule has 1 heterocycles. The Morgan fingerprint density at radius 1 is 1.00 bits per heavy atom. The van der Waals surface area contributed by atoms with Crippen LogP contribution < -0.4 is 4.18 Å². The van der Waals surface area contributed by atoms with Crippen LogP contribution in [0.5, 0.6) is 5.75 Å². The molecule has 3 rings (SSSR count). The van der Waals surface area contributed by atoms with Crippen molar-refractivity contribution in [3.63, 3.8) is 0 Å². The van der Waals surface area contributed by atoms with Crippen LogP contribution in [0, 0.1) is 0 Å². The van der Waals surface area contributed by atoms with E-state index in [-0.39, 0.29) is 5.75 Å². The first-order chi connectivity index (χ1) is 11.1. The monoisotopic (exact) mass is 331 g/mol. The summed E-state index contributed by atoms with van der Waals surface area (Å²) in [5, 5.41) is 0. The third-order valence-electron chi connectivity index (χ3n) is 4.14. The highest BCUT2D eigenvalue weighted by atomic mass is 32.2. The van der Waals surface area contributed by atoms with Gasteiger partial charge in [0.15, 0.2) is 0 Å². The predicted octanol–water partition coefficient (Wildman–Crippen LogP) is 3.23. The van der Waals surface area contributed by atoms with Crippen LogP contribution in [0.4, 0.5) is 0 Å². The molecule has 0 saturated carbocycles. The molecule has 0 aliphatic carbocycles. The van der Waals surface area contributed by atoms with Crippen LogP contribution >= 0.6 is 0 Å². The van der Waals surface area contributed by atoms with E-state index in [2.05, 4.69) is 17.0 Å². The molecule has 0 aromatic heterocycles. The summed E-state index contributed by atoms with van der Waals surface area (Å²) in [6.45, 7) is 1.43. The van der Waals surface area contributed by atoms with Crippen LogP contribution in [0.2, 0.25) is 0 Å². The van der Waals surface area contributed by atoms with Gasteiger partial charge >= 0.3 is 10.1 Å². The summed E-state index contributed by atoms with van der Waals surface area (Å²) in [4.78, 5) is 2.24. The Morgan fingerprint density at radius 2 is 1.65 bits per heavy atom. The van der Waals surface area contributed by atoms with Gasteiger partial charge in [0, 0.05) is 12.6 Å². The molecule has 2 aromatic rings. The molecule has 122 valence electrons. The second kappa shape index (κ2) is 7.15. The van der Waals surface area contributed by atoms with Crippen LogP contribution in [0.1, 0.15) is 24.4 Å². The Hall–Kier alpha value is -1.85. The van der Waals surface area contributed by atoms with Crippen molar-refractivity contribution in [1.82, 2.24) is 4.90 Å². The van der Waals surface area contributed by atoms with Gasteiger partial charge < -0.3 is 4.18 Å². The number of benzene rings is 2. The minimum Gasteiger partial charge on any atom is -0.382 e. The summed E-state index contributed by atoms with van der Waals surface area (Å²) >= 11 is 0. The van der Waals surface area contributed by atoms with E-state index in [0.717, 1.165) is 19.4 Å². The Bertz CT molecular complexity index is 716. The van der Waals surface area contributed by atoms with Gasteiger partial charge in [-0.3, -0.25) is 4.90 Å². The van der Waals surface area contributed by atoms with Crippen LogP contribution in [0.3, 0.4) is 0 Å². The molecule has 0 spiro atoms. The Kier molecular flexibility index (Phi) is 4.98. The van der Waals surface area contributed by atoms with E-state index >= 15 is 0 Å². The average molecular weight is 331 g/mol. The van der Waals surface area contributed by atoms with Crippen molar-refractivity contribution in [3.8, 4) is 5.75 Å². The predicted molar refractivity (Wildman–Crippen MR) is 90.8 cm³/mol. The van der Waals surface area contributed by atoms with Gasteiger partial charge in [-0.1, -0.05) is 48.5 Å². The van der Waals surface area contributed by atoms with E-state index in [4.69, 9.17) is 4.18 Å². The molecular formula is C18H21NO3S. The maximum absolute atomic E-state index is 12.2. The van der Waals surface area contributed by atoms with Crippen molar-refractivity contribution in [3.05, 3.63) is 66.2 Å². The molecule has 4 nitrogen and oxygen atoms in total. The molecule has 1 fully saturated rings. The topological polar surface area (TPSA) is 46.6 Å². The normalized spacial score (nSPS) is 18.9. The molecule has 1 saturated heterocycles. The quantitative estimate of drug-likeness (QED) is 0.763. The number of likely N-dealkylation sites (tertiary alicyclic amines) is 1. The zero-order valence-electron chi connectivity index (χ0n) is 13.0. The summed E-state index contributed by atoms with van der Waals surface area (Å²) in [7, 11) is -3.57. The Labute approximate surface area is 137 Å². The van der Waals surface area contributed by atoms with Crippen molar-refractivity contribution >= 4 is 10.1 Å². The molecule has 0 amide bonds. The summed E-state index contributed by atoms with van der Waals surface area (Å²) < 4.78 is 29.5. The van der Waals surface area contributed by atoms with Gasteiger partial charge in [0.2, 0.25) is 0 Å². The van der Waals surface area contributed by atoms with Gasteiger partial charge in [-0.05, 0) is 37.1 Å². The fraction of sp³-hybridized carbons (Fsp3) is 0.333. The molecule has 0 N–H and O–H groups in total. The van der Waals surface area contributed by atoms with Gasteiger partial charge in [-0.15, -0.1) is 0 Å². The Morgan fingerprint density at radius 3 is 2.35 bits per heavy atom. The molecule has 1 unspecified atom stereocenters. The van der Waals surface area contributed by atoms with Crippen molar-refractivity contribution in [2.45, 2.75) is 18.9 Å². The van der Waals surface area contributed by atoms with Crippen molar-refractivity contribution in [1.29, 1.82) is 0 Å². The average Bonchev–Trinajstić information content (AvgIpc) is 3.03. The molecule has 1 aliphatic rings. The summed E-state index contributed by atoms with van der Waals surface area (Å²) in [5.41, 5.74) is 1.26. The number of hydrogen-bond acceptors (Lipinski definition) is 4. The highest BCUT2D eigenvalue weighted by Crippen LogP contribution is 2.31. The zero-order chi connectivity index (χ0) is 16.1. The second-order valence-electron chi connectivity index (χ2n) is 5.76. The molecule has 0 bridgehead atoms. The van der Waals surface area contributed by atoms with Gasteiger partial charge in [-0.25, -0.2) is 0 Å². The van der Waals surface area contributed by atoms with Gasteiger partial charge in [0.05, 0.1) is 5.75 Å². The first-order valence-electron chi connectivity index (χ1n) is 7.90. The van der Waals surface area contributed by atoms with E-state index in [0.29, 0.717) is 18.3 Å². The maximum Gasteiger partial charge on any atom is 0.310 e. The van der Waals surface area contributed by atoms with E-state index in [1.807, 2.05) is 24.3 Å². The lowest BCUT2D eigenvalue weighted by Gasteiger charge is -2.24. The number of nitrogens with zero attached hydrogens (tertiary/aromatic N) is 1. The highest BCUT2D eigenvalue weighted by Gasteiger charge is 2.27. The fourth-order valence-electron chi connectivity index (χ4n) is 3.04. The lowest BCUT2D eigenvalue weighted by molar-refractivity contribution is 0.270. The highest BCUT2D eigenvalue weighted by molar-refractivity contribution is 7.87. The smallest absolute Gasteiger partial charge is 0.310 e. The molecule has 23 heavy (non-hydrogen) atoms. The van der Waals surface area contributed by atoms with E-state index < -0.39 is 10.1 Å². The van der Waals surface area contributed by atoms with Crippen molar-refractivity contribution in [2.75, 3.05) is 18.8 Å². The number of rotatable bonds is 6. The maximum atomic E-state index is 12.2. The van der Waals surface area contributed by atoms with Crippen LogP contribution in [0.25, 0.3) is 0 Å². The lowest BCUT2D eigenvalue weighted by Crippen LogP contribution is -2.30. The zero-order valence-corrected chi connectivity index (χ0v) is 13.8. The SMILES string of the molecule is O=S(=O)(CCN1CCCC1c1ccccc1)Oc1ccccc1. The summed E-state index contributed by atoms with van der Waals surface area (Å²) in [6.07, 6.45) is 2.17. The van der Waals surface area contributed by atoms with Gasteiger partial charge in [0.25, 0.3) is 0 Å². The van der Waals surface area contributed by atoms with Crippen LogP contribution in [-0.2, 0) is 10.1 Å². The molecule has 5 heteroatoms. The van der Waals surface area contributed by atoms with Gasteiger partial charge in [-0.2, -0.15) is 8.42 Å². The van der Waals surface area contributed by atoms with E-state index in [1.54, 1.807) is 24.3 Å². The minimum absolute atomic E-state index is 0.00519.